The van der Waals surface area contributed by atoms with Gasteiger partial charge in [-0.1, -0.05) is 6.42 Å². The average molecular weight is 247 g/mol. The third-order valence-electron chi connectivity index (χ3n) is 4.92. The zero-order valence-electron chi connectivity index (χ0n) is 10.7. The van der Waals surface area contributed by atoms with E-state index in [0.717, 1.165) is 30.8 Å². The summed E-state index contributed by atoms with van der Waals surface area (Å²) in [6.07, 6.45) is 6.54. The molecule has 0 aromatic carbocycles. The predicted molar refractivity (Wildman–Crippen MR) is 69.7 cm³/mol. The molecule has 1 aliphatic carbocycles. The molecule has 0 radical (unpaired) electrons. The lowest BCUT2D eigenvalue weighted by atomic mass is 9.85. The first-order chi connectivity index (χ1) is 8.92. The Morgan fingerprint density at radius 1 is 1.11 bits per heavy atom. The lowest BCUT2D eigenvalue weighted by Crippen LogP contribution is -2.45. The smallest absolute Gasteiger partial charge is 0.245 e. The van der Waals surface area contributed by atoms with Crippen molar-refractivity contribution in [3.05, 3.63) is 5.82 Å². The van der Waals surface area contributed by atoms with Gasteiger partial charge in [0.2, 0.25) is 5.95 Å². The van der Waals surface area contributed by atoms with Crippen LogP contribution in [0.4, 0.5) is 5.95 Å². The van der Waals surface area contributed by atoms with E-state index in [1.807, 2.05) is 0 Å². The predicted octanol–water partition coefficient (Wildman–Crippen LogP) is 1.26. The number of hydrogen-bond donors (Lipinski definition) is 2. The molecule has 3 heterocycles. The van der Waals surface area contributed by atoms with Crippen LogP contribution in [-0.4, -0.2) is 40.9 Å². The molecule has 0 bridgehead atoms. The minimum Gasteiger partial charge on any atom is -0.335 e. The molecule has 2 unspecified atom stereocenters. The Hall–Kier alpha value is -1.10. The van der Waals surface area contributed by atoms with Gasteiger partial charge in [-0.15, -0.1) is 5.10 Å². The number of piperidine rings is 1. The van der Waals surface area contributed by atoms with Gasteiger partial charge in [-0.05, 0) is 31.6 Å². The fraction of sp³-hybridized carbons (Fsp3) is 0.846. The molecule has 2 saturated heterocycles. The molecule has 1 saturated carbocycles. The molecule has 0 amide bonds. The van der Waals surface area contributed by atoms with Gasteiger partial charge in [-0.2, -0.15) is 4.98 Å². The summed E-state index contributed by atoms with van der Waals surface area (Å²) in [5, 5.41) is 11.1. The Labute approximate surface area is 107 Å². The molecule has 3 aliphatic rings. The lowest BCUT2D eigenvalue weighted by Gasteiger charge is -2.36. The van der Waals surface area contributed by atoms with E-state index in [2.05, 4.69) is 20.4 Å². The number of aromatic amines is 1. The maximum absolute atomic E-state index is 4.75. The van der Waals surface area contributed by atoms with Crippen molar-refractivity contribution in [3.8, 4) is 0 Å². The Morgan fingerprint density at radius 3 is 2.89 bits per heavy atom. The second-order valence-corrected chi connectivity index (χ2v) is 5.97. The lowest BCUT2D eigenvalue weighted by molar-refractivity contribution is 0.380. The zero-order valence-corrected chi connectivity index (χ0v) is 10.7. The maximum atomic E-state index is 4.75. The molecule has 18 heavy (non-hydrogen) atoms. The van der Waals surface area contributed by atoms with Gasteiger partial charge in [-0.25, -0.2) is 0 Å². The van der Waals surface area contributed by atoms with Crippen LogP contribution >= 0.6 is 0 Å². The minimum atomic E-state index is 0.615. The summed E-state index contributed by atoms with van der Waals surface area (Å²) in [5.41, 5.74) is 0. The summed E-state index contributed by atoms with van der Waals surface area (Å²) >= 11 is 0. The van der Waals surface area contributed by atoms with Gasteiger partial charge in [0.1, 0.15) is 5.82 Å². The summed E-state index contributed by atoms with van der Waals surface area (Å²) in [4.78, 5) is 7.17. The Bertz CT molecular complexity index is 425. The first kappa shape index (κ1) is 10.8. The monoisotopic (exact) mass is 247 g/mol. The van der Waals surface area contributed by atoms with Crippen molar-refractivity contribution in [2.24, 2.45) is 5.92 Å². The van der Waals surface area contributed by atoms with Crippen LogP contribution in [0.5, 0.6) is 0 Å². The molecule has 5 heteroatoms. The highest BCUT2D eigenvalue weighted by Gasteiger charge is 2.37. The summed E-state index contributed by atoms with van der Waals surface area (Å²) in [6.45, 7) is 3.38. The van der Waals surface area contributed by atoms with E-state index in [9.17, 15) is 0 Å². The van der Waals surface area contributed by atoms with Crippen LogP contribution in [-0.2, 0) is 0 Å². The quantitative estimate of drug-likeness (QED) is 0.826. The number of rotatable bonds is 2. The van der Waals surface area contributed by atoms with E-state index >= 15 is 0 Å². The normalized spacial score (nSPS) is 32.3. The van der Waals surface area contributed by atoms with E-state index < -0.39 is 0 Å². The van der Waals surface area contributed by atoms with Crippen LogP contribution < -0.4 is 10.2 Å². The molecule has 2 atom stereocenters. The van der Waals surface area contributed by atoms with Gasteiger partial charge in [0.25, 0.3) is 0 Å². The van der Waals surface area contributed by atoms with Gasteiger partial charge in [0, 0.05) is 31.6 Å². The second-order valence-electron chi connectivity index (χ2n) is 5.97. The highest BCUT2D eigenvalue weighted by atomic mass is 15.4. The van der Waals surface area contributed by atoms with Crippen molar-refractivity contribution in [2.45, 2.75) is 44.1 Å². The largest absolute Gasteiger partial charge is 0.335 e. The SMILES string of the molecule is C1CC(c2nc(N3CCCC4CNCC43)n[nH]2)C1. The molecule has 3 fully saturated rings. The average Bonchev–Trinajstić information content (AvgIpc) is 2.93. The molecule has 0 spiro atoms. The molecular formula is C13H21N5. The second kappa shape index (κ2) is 4.23. The standard InChI is InChI=1S/C13H21N5/c1-3-9(4-1)12-15-13(17-16-12)18-6-2-5-10-7-14-8-11(10)18/h9-11,14H,1-8H2,(H,15,16,17). The van der Waals surface area contributed by atoms with Crippen molar-refractivity contribution in [2.75, 3.05) is 24.5 Å². The van der Waals surface area contributed by atoms with Gasteiger partial charge >= 0.3 is 0 Å². The minimum absolute atomic E-state index is 0.615. The first-order valence-corrected chi connectivity index (χ1v) is 7.31. The Morgan fingerprint density at radius 2 is 2.06 bits per heavy atom. The fourth-order valence-corrected chi connectivity index (χ4v) is 3.57. The van der Waals surface area contributed by atoms with Crippen molar-refractivity contribution in [3.63, 3.8) is 0 Å². The first-order valence-electron chi connectivity index (χ1n) is 7.31. The van der Waals surface area contributed by atoms with Crippen molar-refractivity contribution >= 4 is 5.95 Å². The molecule has 98 valence electrons. The van der Waals surface area contributed by atoms with Crippen LogP contribution in [0.1, 0.15) is 43.8 Å². The van der Waals surface area contributed by atoms with Crippen LogP contribution in [0.2, 0.25) is 0 Å². The van der Waals surface area contributed by atoms with E-state index in [-0.39, 0.29) is 0 Å². The number of fused-ring (bicyclic) bond motifs is 1. The third-order valence-corrected chi connectivity index (χ3v) is 4.92. The molecule has 1 aromatic heterocycles. The van der Waals surface area contributed by atoms with Crippen molar-refractivity contribution < 1.29 is 0 Å². The summed E-state index contributed by atoms with van der Waals surface area (Å²) in [5.74, 6) is 3.50. The molecular weight excluding hydrogens is 226 g/mol. The van der Waals surface area contributed by atoms with Gasteiger partial charge in [0.15, 0.2) is 0 Å². The number of H-pyrrole nitrogens is 1. The zero-order chi connectivity index (χ0) is 11.9. The van der Waals surface area contributed by atoms with Crippen LogP contribution in [0.15, 0.2) is 0 Å². The van der Waals surface area contributed by atoms with Gasteiger partial charge in [-0.3, -0.25) is 5.10 Å². The molecule has 4 rings (SSSR count). The Kier molecular flexibility index (Phi) is 2.53. The fourth-order valence-electron chi connectivity index (χ4n) is 3.57. The van der Waals surface area contributed by atoms with Crippen molar-refractivity contribution in [1.82, 2.24) is 20.5 Å². The van der Waals surface area contributed by atoms with E-state index in [0.29, 0.717) is 12.0 Å². The van der Waals surface area contributed by atoms with Gasteiger partial charge < -0.3 is 10.2 Å². The number of anilines is 1. The molecule has 2 aliphatic heterocycles. The van der Waals surface area contributed by atoms with Crippen LogP contribution in [0.25, 0.3) is 0 Å². The van der Waals surface area contributed by atoms with E-state index in [1.54, 1.807) is 0 Å². The molecule has 2 N–H and O–H groups in total. The van der Waals surface area contributed by atoms with E-state index in [1.165, 1.54) is 38.6 Å². The highest BCUT2D eigenvalue weighted by Crippen LogP contribution is 2.35. The van der Waals surface area contributed by atoms with Crippen LogP contribution in [0, 0.1) is 5.92 Å². The highest BCUT2D eigenvalue weighted by molar-refractivity contribution is 5.34. The number of nitrogens with one attached hydrogen (secondary N) is 2. The number of hydrogen-bond acceptors (Lipinski definition) is 4. The third kappa shape index (κ3) is 1.64. The van der Waals surface area contributed by atoms with Crippen LogP contribution in [0.3, 0.4) is 0 Å². The topological polar surface area (TPSA) is 56.8 Å². The molecule has 1 aromatic rings. The number of nitrogens with zero attached hydrogens (tertiary/aromatic N) is 3. The maximum Gasteiger partial charge on any atom is 0.245 e. The molecule has 5 nitrogen and oxygen atoms in total. The van der Waals surface area contributed by atoms with E-state index in [4.69, 9.17) is 4.98 Å². The summed E-state index contributed by atoms with van der Waals surface area (Å²) in [7, 11) is 0. The summed E-state index contributed by atoms with van der Waals surface area (Å²) < 4.78 is 0. The summed E-state index contributed by atoms with van der Waals surface area (Å²) in [6, 6.07) is 0.615. The number of aromatic nitrogens is 3. The van der Waals surface area contributed by atoms with Crippen molar-refractivity contribution in [1.29, 1.82) is 0 Å². The Balaban J connectivity index is 1.55. The van der Waals surface area contributed by atoms with Gasteiger partial charge in [0.05, 0.1) is 0 Å².